The number of carbonyl (C=O) groups is 1. The van der Waals surface area contributed by atoms with E-state index in [1.54, 1.807) is 6.92 Å². The van der Waals surface area contributed by atoms with Gasteiger partial charge in [0.15, 0.2) is 11.5 Å². The summed E-state index contributed by atoms with van der Waals surface area (Å²) in [5.41, 5.74) is 4.97. The van der Waals surface area contributed by atoms with Crippen molar-refractivity contribution in [2.45, 2.75) is 44.8 Å². The minimum Gasteiger partial charge on any atom is -0.444 e. The lowest BCUT2D eigenvalue weighted by Gasteiger charge is -2.30. The minimum atomic E-state index is -4.63. The van der Waals surface area contributed by atoms with Gasteiger partial charge < -0.3 is 10.5 Å². The van der Waals surface area contributed by atoms with Gasteiger partial charge in [-0.1, -0.05) is 0 Å². The molecule has 1 atom stereocenters. The minimum absolute atomic E-state index is 0.0719. The number of ether oxygens (including phenoxy) is 1. The Morgan fingerprint density at radius 1 is 1.48 bits per heavy atom. The Labute approximate surface area is 141 Å². The lowest BCUT2D eigenvalue weighted by Crippen LogP contribution is -2.28. The standard InChI is InChI=1S/C16H15F3N4O2/c1-2-23-9(6-12(22-23)16(17,18)19)13-8(7-20)15(21)25-11-5-3-4-10(24)14(11)13/h6,13H,2-5,21H2,1H3. The van der Waals surface area contributed by atoms with Gasteiger partial charge in [-0.15, -0.1) is 0 Å². The first-order valence-corrected chi connectivity index (χ1v) is 7.76. The van der Waals surface area contributed by atoms with Crippen molar-refractivity contribution in [1.82, 2.24) is 9.78 Å². The van der Waals surface area contributed by atoms with E-state index in [0.717, 1.165) is 10.7 Å². The summed E-state index contributed by atoms with van der Waals surface area (Å²) in [4.78, 5) is 12.4. The van der Waals surface area contributed by atoms with Crippen molar-refractivity contribution < 1.29 is 22.7 Å². The molecular weight excluding hydrogens is 337 g/mol. The predicted molar refractivity (Wildman–Crippen MR) is 79.4 cm³/mol. The molecule has 0 amide bonds. The van der Waals surface area contributed by atoms with Gasteiger partial charge in [0.2, 0.25) is 5.88 Å². The quantitative estimate of drug-likeness (QED) is 0.883. The summed E-state index contributed by atoms with van der Waals surface area (Å²) in [5, 5.41) is 13.0. The van der Waals surface area contributed by atoms with E-state index >= 15 is 0 Å². The number of hydrogen-bond acceptors (Lipinski definition) is 5. The van der Waals surface area contributed by atoms with Gasteiger partial charge in [0.1, 0.15) is 17.4 Å². The van der Waals surface area contributed by atoms with Crippen LogP contribution in [0.4, 0.5) is 13.2 Å². The van der Waals surface area contributed by atoms with Crippen LogP contribution < -0.4 is 5.73 Å². The van der Waals surface area contributed by atoms with Gasteiger partial charge in [-0.25, -0.2) is 0 Å². The Kier molecular flexibility index (Phi) is 4.06. The third kappa shape index (κ3) is 2.77. The fraction of sp³-hybridized carbons (Fsp3) is 0.438. The lowest BCUT2D eigenvalue weighted by molar-refractivity contribution is -0.141. The first-order chi connectivity index (χ1) is 11.8. The van der Waals surface area contributed by atoms with E-state index in [-0.39, 0.29) is 41.5 Å². The zero-order valence-corrected chi connectivity index (χ0v) is 13.4. The number of carbonyl (C=O) groups excluding carboxylic acids is 1. The van der Waals surface area contributed by atoms with Gasteiger partial charge in [0, 0.05) is 25.0 Å². The van der Waals surface area contributed by atoms with E-state index in [1.807, 2.05) is 6.07 Å². The van der Waals surface area contributed by atoms with Gasteiger partial charge in [-0.3, -0.25) is 9.48 Å². The monoisotopic (exact) mass is 352 g/mol. The molecule has 2 aliphatic rings. The average Bonchev–Trinajstić information content (AvgIpc) is 2.98. The molecule has 0 spiro atoms. The van der Waals surface area contributed by atoms with Crippen LogP contribution in [0.15, 0.2) is 28.9 Å². The van der Waals surface area contributed by atoms with E-state index in [4.69, 9.17) is 10.5 Å². The maximum absolute atomic E-state index is 13.1. The summed E-state index contributed by atoms with van der Waals surface area (Å²) >= 11 is 0. The molecule has 0 saturated heterocycles. The van der Waals surface area contributed by atoms with E-state index in [0.29, 0.717) is 18.6 Å². The molecule has 2 heterocycles. The fourth-order valence-electron chi connectivity index (χ4n) is 3.21. The largest absolute Gasteiger partial charge is 0.444 e. The van der Waals surface area contributed by atoms with Crippen molar-refractivity contribution in [3.8, 4) is 6.07 Å². The molecule has 1 aliphatic heterocycles. The van der Waals surface area contributed by atoms with Crippen LogP contribution in [0.2, 0.25) is 0 Å². The number of alkyl halides is 3. The molecule has 0 saturated carbocycles. The van der Waals surface area contributed by atoms with E-state index < -0.39 is 17.8 Å². The normalized spacial score (nSPS) is 21.1. The molecule has 2 N–H and O–H groups in total. The SMILES string of the molecule is CCn1nc(C(F)(F)F)cc1C1C(C#N)=C(N)OC2=C1C(=O)CCC2. The molecule has 1 aliphatic carbocycles. The van der Waals surface area contributed by atoms with E-state index in [2.05, 4.69) is 5.10 Å². The molecule has 0 radical (unpaired) electrons. The highest BCUT2D eigenvalue weighted by Crippen LogP contribution is 2.44. The van der Waals surface area contributed by atoms with Crippen molar-refractivity contribution >= 4 is 5.78 Å². The summed E-state index contributed by atoms with van der Waals surface area (Å²) < 4.78 is 45.8. The Bertz CT molecular complexity index is 843. The number of nitriles is 1. The van der Waals surface area contributed by atoms with Crippen LogP contribution in [-0.4, -0.2) is 15.6 Å². The van der Waals surface area contributed by atoms with Crippen LogP contribution in [0, 0.1) is 11.3 Å². The Balaban J connectivity index is 2.23. The highest BCUT2D eigenvalue weighted by molar-refractivity contribution is 5.99. The Morgan fingerprint density at radius 2 is 2.20 bits per heavy atom. The number of Topliss-reactive ketones (excluding diaryl/α,β-unsaturated/α-hetero) is 1. The predicted octanol–water partition coefficient (Wildman–Crippen LogP) is 2.74. The molecule has 0 bridgehead atoms. The van der Waals surface area contributed by atoms with Gasteiger partial charge in [-0.05, 0) is 19.4 Å². The topological polar surface area (TPSA) is 93.9 Å². The average molecular weight is 352 g/mol. The fourth-order valence-corrected chi connectivity index (χ4v) is 3.21. The third-order valence-electron chi connectivity index (χ3n) is 4.30. The van der Waals surface area contributed by atoms with E-state index in [1.165, 1.54) is 0 Å². The Hall–Kier alpha value is -2.76. The number of halogens is 3. The second-order valence-corrected chi connectivity index (χ2v) is 5.81. The van der Waals surface area contributed by atoms with Crippen LogP contribution >= 0.6 is 0 Å². The second-order valence-electron chi connectivity index (χ2n) is 5.81. The van der Waals surface area contributed by atoms with Crippen molar-refractivity contribution in [2.24, 2.45) is 5.73 Å². The number of nitrogens with zero attached hydrogens (tertiary/aromatic N) is 3. The van der Waals surface area contributed by atoms with E-state index in [9.17, 15) is 23.2 Å². The summed E-state index contributed by atoms with van der Waals surface area (Å²) in [7, 11) is 0. The van der Waals surface area contributed by atoms with Gasteiger partial charge in [0.05, 0.1) is 11.6 Å². The van der Waals surface area contributed by atoms with Crippen LogP contribution in [0.5, 0.6) is 0 Å². The van der Waals surface area contributed by atoms with Crippen molar-refractivity contribution in [2.75, 3.05) is 0 Å². The third-order valence-corrected chi connectivity index (χ3v) is 4.30. The molecular formula is C16H15F3N4O2. The van der Waals surface area contributed by atoms with Crippen molar-refractivity contribution in [1.29, 1.82) is 5.26 Å². The van der Waals surface area contributed by atoms with Crippen LogP contribution in [0.25, 0.3) is 0 Å². The number of ketones is 1. The molecule has 0 aromatic carbocycles. The summed E-state index contributed by atoms with van der Waals surface area (Å²) in [6, 6.07) is 2.75. The molecule has 9 heteroatoms. The number of allylic oxidation sites excluding steroid dienone is 3. The van der Waals surface area contributed by atoms with Crippen LogP contribution in [0.1, 0.15) is 43.5 Å². The first kappa shape index (κ1) is 17.1. The molecule has 1 unspecified atom stereocenters. The van der Waals surface area contributed by atoms with Gasteiger partial charge in [0.25, 0.3) is 0 Å². The number of hydrogen-bond donors (Lipinski definition) is 1. The zero-order valence-electron chi connectivity index (χ0n) is 13.4. The zero-order chi connectivity index (χ0) is 18.4. The number of rotatable bonds is 2. The maximum Gasteiger partial charge on any atom is 0.435 e. The highest BCUT2D eigenvalue weighted by atomic mass is 19.4. The second kappa shape index (κ2) is 5.95. The first-order valence-electron chi connectivity index (χ1n) is 7.76. The molecule has 6 nitrogen and oxygen atoms in total. The van der Waals surface area contributed by atoms with Gasteiger partial charge in [-0.2, -0.15) is 23.5 Å². The number of aromatic nitrogens is 2. The number of aryl methyl sites for hydroxylation is 1. The molecule has 3 rings (SSSR count). The lowest BCUT2D eigenvalue weighted by atomic mass is 9.79. The molecule has 0 fully saturated rings. The van der Waals surface area contributed by atoms with Crippen molar-refractivity contribution in [3.05, 3.63) is 40.2 Å². The molecule has 132 valence electrons. The smallest absolute Gasteiger partial charge is 0.435 e. The Morgan fingerprint density at radius 3 is 2.80 bits per heavy atom. The van der Waals surface area contributed by atoms with Crippen LogP contribution in [0.3, 0.4) is 0 Å². The summed E-state index contributed by atoms with van der Waals surface area (Å²) in [6.07, 6.45) is -3.36. The number of nitrogens with two attached hydrogens (primary N) is 1. The summed E-state index contributed by atoms with van der Waals surface area (Å²) in [6.45, 7) is 1.78. The maximum atomic E-state index is 13.1. The molecule has 25 heavy (non-hydrogen) atoms. The van der Waals surface area contributed by atoms with Crippen LogP contribution in [-0.2, 0) is 22.3 Å². The van der Waals surface area contributed by atoms with Crippen molar-refractivity contribution in [3.63, 3.8) is 0 Å². The van der Waals surface area contributed by atoms with Gasteiger partial charge >= 0.3 is 6.18 Å². The highest BCUT2D eigenvalue weighted by Gasteiger charge is 2.42. The molecule has 1 aromatic rings. The molecule has 1 aromatic heterocycles. The summed E-state index contributed by atoms with van der Waals surface area (Å²) in [5.74, 6) is -1.09.